The Hall–Kier alpha value is -2.50. The van der Waals surface area contributed by atoms with Crippen molar-refractivity contribution in [2.24, 2.45) is 0 Å². The first-order valence-electron chi connectivity index (χ1n) is 6.18. The monoisotopic (exact) mass is 293 g/mol. The molecular formula is C15H13F2NO3. The highest BCUT2D eigenvalue weighted by Gasteiger charge is 2.26. The van der Waals surface area contributed by atoms with E-state index in [4.69, 9.17) is 4.74 Å². The summed E-state index contributed by atoms with van der Waals surface area (Å²) >= 11 is 0. The second-order valence-corrected chi connectivity index (χ2v) is 4.43. The Balaban J connectivity index is 2.38. The fraction of sp³-hybridized carbons (Fsp3) is 0.200. The summed E-state index contributed by atoms with van der Waals surface area (Å²) in [4.78, 5) is 15.0. The average molecular weight is 293 g/mol. The molecule has 0 radical (unpaired) electrons. The SMILES string of the molecule is COc1ccccc1CC(C(=O)O)c1ncc(F)cc1F. The van der Waals surface area contributed by atoms with Gasteiger partial charge >= 0.3 is 5.97 Å². The van der Waals surface area contributed by atoms with Crippen LogP contribution in [0.5, 0.6) is 5.75 Å². The number of halogens is 2. The highest BCUT2D eigenvalue weighted by Crippen LogP contribution is 2.27. The van der Waals surface area contributed by atoms with Crippen LogP contribution in [0.25, 0.3) is 0 Å². The van der Waals surface area contributed by atoms with Crippen LogP contribution in [0.15, 0.2) is 36.5 Å². The van der Waals surface area contributed by atoms with Crippen LogP contribution < -0.4 is 4.74 Å². The number of para-hydroxylation sites is 1. The Morgan fingerprint density at radius 1 is 1.38 bits per heavy atom. The van der Waals surface area contributed by atoms with Crippen molar-refractivity contribution in [1.29, 1.82) is 0 Å². The number of aromatic nitrogens is 1. The standard InChI is InChI=1S/C15H13F2NO3/c1-21-13-5-3-2-4-9(13)6-11(15(19)20)14-12(17)7-10(16)8-18-14/h2-5,7-8,11H,6H2,1H3,(H,19,20). The Morgan fingerprint density at radius 2 is 2.10 bits per heavy atom. The predicted molar refractivity (Wildman–Crippen MR) is 71.2 cm³/mol. The number of hydrogen-bond donors (Lipinski definition) is 1. The normalized spacial score (nSPS) is 12.0. The number of benzene rings is 1. The van der Waals surface area contributed by atoms with Crippen LogP contribution in [0.4, 0.5) is 8.78 Å². The Labute approximate surface area is 120 Å². The summed E-state index contributed by atoms with van der Waals surface area (Å²) in [7, 11) is 1.46. The molecule has 0 spiro atoms. The van der Waals surface area contributed by atoms with E-state index >= 15 is 0 Å². The van der Waals surface area contributed by atoms with Gasteiger partial charge in [0.1, 0.15) is 23.3 Å². The molecule has 1 aromatic carbocycles. The summed E-state index contributed by atoms with van der Waals surface area (Å²) in [5.74, 6) is -3.78. The number of carboxylic acids is 1. The molecule has 1 aromatic heterocycles. The average Bonchev–Trinajstić information content (AvgIpc) is 2.45. The van der Waals surface area contributed by atoms with Gasteiger partial charge in [0.25, 0.3) is 0 Å². The van der Waals surface area contributed by atoms with Crippen molar-refractivity contribution in [1.82, 2.24) is 4.98 Å². The van der Waals surface area contributed by atoms with Gasteiger partial charge in [-0.2, -0.15) is 0 Å². The smallest absolute Gasteiger partial charge is 0.313 e. The summed E-state index contributed by atoms with van der Waals surface area (Å²) < 4.78 is 31.8. The maximum Gasteiger partial charge on any atom is 0.313 e. The van der Waals surface area contributed by atoms with Crippen LogP contribution in [0.1, 0.15) is 17.2 Å². The molecule has 0 fully saturated rings. The zero-order valence-electron chi connectivity index (χ0n) is 11.2. The van der Waals surface area contributed by atoms with E-state index in [0.29, 0.717) is 17.4 Å². The van der Waals surface area contributed by atoms with E-state index in [1.54, 1.807) is 24.3 Å². The third-order valence-electron chi connectivity index (χ3n) is 3.08. The highest BCUT2D eigenvalue weighted by atomic mass is 19.1. The number of ether oxygens (including phenoxy) is 1. The van der Waals surface area contributed by atoms with E-state index in [1.165, 1.54) is 7.11 Å². The molecule has 110 valence electrons. The van der Waals surface area contributed by atoms with Crippen molar-refractivity contribution in [2.75, 3.05) is 7.11 Å². The number of pyridine rings is 1. The van der Waals surface area contributed by atoms with Crippen molar-refractivity contribution in [3.05, 3.63) is 59.4 Å². The van der Waals surface area contributed by atoms with Gasteiger partial charge in [0.05, 0.1) is 19.0 Å². The highest BCUT2D eigenvalue weighted by molar-refractivity contribution is 5.76. The minimum absolute atomic E-state index is 0.00506. The molecule has 21 heavy (non-hydrogen) atoms. The van der Waals surface area contributed by atoms with Crippen molar-refractivity contribution in [2.45, 2.75) is 12.3 Å². The van der Waals surface area contributed by atoms with E-state index in [0.717, 1.165) is 6.20 Å². The van der Waals surface area contributed by atoms with Gasteiger partial charge in [-0.3, -0.25) is 9.78 Å². The quantitative estimate of drug-likeness (QED) is 0.921. The summed E-state index contributed by atoms with van der Waals surface area (Å²) in [6.07, 6.45) is 0.797. The Kier molecular flexibility index (Phi) is 4.47. The lowest BCUT2D eigenvalue weighted by molar-refractivity contribution is -0.138. The fourth-order valence-electron chi connectivity index (χ4n) is 2.07. The molecule has 0 aliphatic rings. The molecular weight excluding hydrogens is 280 g/mol. The van der Waals surface area contributed by atoms with Gasteiger partial charge in [0, 0.05) is 6.07 Å². The molecule has 0 bridgehead atoms. The molecule has 0 aliphatic carbocycles. The molecule has 0 amide bonds. The van der Waals surface area contributed by atoms with E-state index < -0.39 is 23.5 Å². The second-order valence-electron chi connectivity index (χ2n) is 4.43. The number of carbonyl (C=O) groups is 1. The van der Waals surface area contributed by atoms with Gasteiger partial charge < -0.3 is 9.84 Å². The lowest BCUT2D eigenvalue weighted by Crippen LogP contribution is -2.18. The van der Waals surface area contributed by atoms with Crippen molar-refractivity contribution in [3.8, 4) is 5.75 Å². The third kappa shape index (κ3) is 3.34. The molecule has 2 aromatic rings. The lowest BCUT2D eigenvalue weighted by Gasteiger charge is -2.14. The second kappa shape index (κ2) is 6.30. The number of nitrogens with zero attached hydrogens (tertiary/aromatic N) is 1. The van der Waals surface area contributed by atoms with Crippen LogP contribution >= 0.6 is 0 Å². The number of hydrogen-bond acceptors (Lipinski definition) is 3. The molecule has 0 saturated carbocycles. The molecule has 1 heterocycles. The molecule has 4 nitrogen and oxygen atoms in total. The van der Waals surface area contributed by atoms with E-state index in [2.05, 4.69) is 4.98 Å². The molecule has 1 N–H and O–H groups in total. The minimum atomic E-state index is -1.24. The molecule has 2 rings (SSSR count). The number of aliphatic carboxylic acids is 1. The van der Waals surface area contributed by atoms with Crippen molar-refractivity contribution >= 4 is 5.97 Å². The van der Waals surface area contributed by atoms with Gasteiger partial charge in [-0.15, -0.1) is 0 Å². The Bertz CT molecular complexity index is 661. The van der Waals surface area contributed by atoms with Crippen molar-refractivity contribution < 1.29 is 23.4 Å². The van der Waals surface area contributed by atoms with E-state index in [9.17, 15) is 18.7 Å². The maximum atomic E-state index is 13.7. The van der Waals surface area contributed by atoms with E-state index in [1.807, 2.05) is 0 Å². The first kappa shape index (κ1) is 14.9. The van der Waals surface area contributed by atoms with Gasteiger partial charge in [0.2, 0.25) is 0 Å². The molecule has 1 atom stereocenters. The van der Waals surface area contributed by atoms with Crippen LogP contribution in [0.2, 0.25) is 0 Å². The van der Waals surface area contributed by atoms with Crippen LogP contribution in [0.3, 0.4) is 0 Å². The van der Waals surface area contributed by atoms with Crippen LogP contribution in [-0.2, 0) is 11.2 Å². The fourth-order valence-corrected chi connectivity index (χ4v) is 2.07. The van der Waals surface area contributed by atoms with Crippen LogP contribution in [0, 0.1) is 11.6 Å². The number of carboxylic acid groups (broad SMARTS) is 1. The van der Waals surface area contributed by atoms with E-state index in [-0.39, 0.29) is 12.1 Å². The summed E-state index contributed by atoms with van der Waals surface area (Å²) in [6.45, 7) is 0. The van der Waals surface area contributed by atoms with Crippen molar-refractivity contribution in [3.63, 3.8) is 0 Å². The number of methoxy groups -OCH3 is 1. The lowest BCUT2D eigenvalue weighted by atomic mass is 9.95. The maximum absolute atomic E-state index is 13.7. The van der Waals surface area contributed by atoms with Gasteiger partial charge in [0.15, 0.2) is 0 Å². The van der Waals surface area contributed by atoms with Gasteiger partial charge in [-0.25, -0.2) is 8.78 Å². The van der Waals surface area contributed by atoms with Crippen LogP contribution in [-0.4, -0.2) is 23.2 Å². The number of rotatable bonds is 5. The van der Waals surface area contributed by atoms with Gasteiger partial charge in [-0.1, -0.05) is 18.2 Å². The van der Waals surface area contributed by atoms with Gasteiger partial charge in [-0.05, 0) is 18.1 Å². The summed E-state index contributed by atoms with van der Waals surface area (Å²) in [6, 6.07) is 7.47. The topological polar surface area (TPSA) is 59.4 Å². The predicted octanol–water partition coefficient (Wildman–Crippen LogP) is 2.78. The zero-order valence-corrected chi connectivity index (χ0v) is 11.2. The zero-order chi connectivity index (χ0) is 15.4. The molecule has 0 aliphatic heterocycles. The minimum Gasteiger partial charge on any atom is -0.496 e. The Morgan fingerprint density at radius 3 is 2.71 bits per heavy atom. The summed E-state index contributed by atoms with van der Waals surface area (Å²) in [5, 5.41) is 9.30. The molecule has 0 saturated heterocycles. The first-order valence-corrected chi connectivity index (χ1v) is 6.18. The molecule has 1 unspecified atom stereocenters. The molecule has 6 heteroatoms. The first-order chi connectivity index (χ1) is 10.0. The third-order valence-corrected chi connectivity index (χ3v) is 3.08. The largest absolute Gasteiger partial charge is 0.496 e. The summed E-state index contributed by atoms with van der Waals surface area (Å²) in [5.41, 5.74) is 0.313.